The molecule has 0 radical (unpaired) electrons. The van der Waals surface area contributed by atoms with Crippen LogP contribution in [0.2, 0.25) is 0 Å². The summed E-state index contributed by atoms with van der Waals surface area (Å²) in [7, 11) is 1.44. The molecule has 0 bridgehead atoms. The SMILES string of the molecule is COC(=O)[C@H](C1=CCCC=C1Cl)N1CCc2sccc2C1. The molecular formula is C16H18ClNO2S. The first kappa shape index (κ1) is 14.8. The van der Waals surface area contributed by atoms with E-state index >= 15 is 0 Å². The molecule has 1 aliphatic carbocycles. The Bertz CT molecular complexity index is 605. The minimum atomic E-state index is -0.396. The monoisotopic (exact) mass is 323 g/mol. The fourth-order valence-electron chi connectivity index (χ4n) is 2.98. The Balaban J connectivity index is 1.89. The van der Waals surface area contributed by atoms with Crippen LogP contribution in [0.15, 0.2) is 34.2 Å². The number of carbonyl (C=O) groups excluding carboxylic acids is 1. The molecule has 0 aromatic carbocycles. The summed E-state index contributed by atoms with van der Waals surface area (Å²) in [6, 6.07) is 1.75. The number of hydrogen-bond donors (Lipinski definition) is 0. The van der Waals surface area contributed by atoms with Gasteiger partial charge in [-0.15, -0.1) is 11.3 Å². The van der Waals surface area contributed by atoms with Gasteiger partial charge in [0.15, 0.2) is 0 Å². The number of carbonyl (C=O) groups is 1. The number of hydrogen-bond acceptors (Lipinski definition) is 4. The van der Waals surface area contributed by atoms with Gasteiger partial charge >= 0.3 is 5.97 Å². The van der Waals surface area contributed by atoms with Crippen LogP contribution in [0.25, 0.3) is 0 Å². The zero-order valence-electron chi connectivity index (χ0n) is 12.0. The van der Waals surface area contributed by atoms with Gasteiger partial charge in [-0.1, -0.05) is 23.8 Å². The first-order valence-electron chi connectivity index (χ1n) is 7.14. The summed E-state index contributed by atoms with van der Waals surface area (Å²) in [6.07, 6.45) is 6.91. The largest absolute Gasteiger partial charge is 0.468 e. The van der Waals surface area contributed by atoms with Crippen molar-refractivity contribution >= 4 is 28.9 Å². The lowest BCUT2D eigenvalue weighted by Gasteiger charge is -2.34. The lowest BCUT2D eigenvalue weighted by atomic mass is 9.96. The van der Waals surface area contributed by atoms with Gasteiger partial charge < -0.3 is 4.74 Å². The second kappa shape index (κ2) is 6.34. The van der Waals surface area contributed by atoms with Crippen LogP contribution >= 0.6 is 22.9 Å². The number of halogens is 1. The fraction of sp³-hybridized carbons (Fsp3) is 0.438. The number of esters is 1. The molecule has 112 valence electrons. The summed E-state index contributed by atoms with van der Waals surface area (Å²) >= 11 is 8.13. The molecule has 21 heavy (non-hydrogen) atoms. The molecule has 3 nitrogen and oxygen atoms in total. The fourth-order valence-corrected chi connectivity index (χ4v) is 4.16. The molecule has 1 aliphatic heterocycles. The average molecular weight is 324 g/mol. The van der Waals surface area contributed by atoms with E-state index in [1.54, 1.807) is 11.3 Å². The molecule has 2 heterocycles. The average Bonchev–Trinajstić information content (AvgIpc) is 2.97. The van der Waals surface area contributed by atoms with E-state index in [1.807, 2.05) is 6.08 Å². The van der Waals surface area contributed by atoms with Crippen molar-refractivity contribution in [2.75, 3.05) is 13.7 Å². The van der Waals surface area contributed by atoms with Crippen LogP contribution in [-0.2, 0) is 22.5 Å². The highest BCUT2D eigenvalue weighted by atomic mass is 35.5. The van der Waals surface area contributed by atoms with Gasteiger partial charge in [-0.05, 0) is 41.8 Å². The predicted octanol–water partition coefficient (Wildman–Crippen LogP) is 3.49. The number of fused-ring (bicyclic) bond motifs is 1. The normalized spacial score (nSPS) is 20.3. The van der Waals surface area contributed by atoms with Gasteiger partial charge in [-0.2, -0.15) is 0 Å². The van der Waals surface area contributed by atoms with E-state index in [1.165, 1.54) is 17.6 Å². The van der Waals surface area contributed by atoms with Gasteiger partial charge in [0.2, 0.25) is 0 Å². The molecule has 5 heteroatoms. The van der Waals surface area contributed by atoms with Crippen LogP contribution in [0, 0.1) is 0 Å². The van der Waals surface area contributed by atoms with Crippen molar-refractivity contribution in [3.05, 3.63) is 44.6 Å². The molecule has 1 aromatic heterocycles. The molecule has 0 N–H and O–H groups in total. The maximum absolute atomic E-state index is 12.3. The minimum absolute atomic E-state index is 0.228. The lowest BCUT2D eigenvalue weighted by Crippen LogP contribution is -2.45. The van der Waals surface area contributed by atoms with Gasteiger partial charge in [0.05, 0.1) is 7.11 Å². The van der Waals surface area contributed by atoms with E-state index in [0.29, 0.717) is 5.03 Å². The van der Waals surface area contributed by atoms with Crippen molar-refractivity contribution in [1.29, 1.82) is 0 Å². The zero-order chi connectivity index (χ0) is 14.8. The number of thiophene rings is 1. The van der Waals surface area contributed by atoms with Crippen molar-refractivity contribution in [3.8, 4) is 0 Å². The molecule has 0 saturated carbocycles. The Morgan fingerprint density at radius 1 is 1.43 bits per heavy atom. The summed E-state index contributed by atoms with van der Waals surface area (Å²) in [4.78, 5) is 15.9. The topological polar surface area (TPSA) is 29.5 Å². The van der Waals surface area contributed by atoms with Crippen LogP contribution < -0.4 is 0 Å². The smallest absolute Gasteiger partial charge is 0.327 e. The molecule has 1 atom stereocenters. The van der Waals surface area contributed by atoms with Crippen LogP contribution in [-0.4, -0.2) is 30.6 Å². The maximum atomic E-state index is 12.3. The second-order valence-electron chi connectivity index (χ2n) is 5.30. The summed E-state index contributed by atoms with van der Waals surface area (Å²) in [6.45, 7) is 1.63. The number of allylic oxidation sites excluding steroid dienone is 2. The lowest BCUT2D eigenvalue weighted by molar-refractivity contribution is -0.145. The Morgan fingerprint density at radius 2 is 2.24 bits per heavy atom. The summed E-state index contributed by atoms with van der Waals surface area (Å²) in [5.41, 5.74) is 2.21. The number of methoxy groups -OCH3 is 1. The Hall–Kier alpha value is -1.10. The van der Waals surface area contributed by atoms with E-state index in [9.17, 15) is 4.79 Å². The van der Waals surface area contributed by atoms with E-state index in [2.05, 4.69) is 22.4 Å². The van der Waals surface area contributed by atoms with E-state index in [4.69, 9.17) is 16.3 Å². The third kappa shape index (κ3) is 2.93. The molecule has 0 unspecified atom stereocenters. The van der Waals surface area contributed by atoms with E-state index in [0.717, 1.165) is 37.9 Å². The number of rotatable bonds is 3. The van der Waals surface area contributed by atoms with Gasteiger partial charge in [0.25, 0.3) is 0 Å². The zero-order valence-corrected chi connectivity index (χ0v) is 13.5. The van der Waals surface area contributed by atoms with Crippen molar-refractivity contribution in [2.24, 2.45) is 0 Å². The van der Waals surface area contributed by atoms with Gasteiger partial charge in [-0.3, -0.25) is 4.90 Å². The molecule has 0 spiro atoms. The van der Waals surface area contributed by atoms with Gasteiger partial charge in [0, 0.05) is 23.0 Å². The second-order valence-corrected chi connectivity index (χ2v) is 6.71. The first-order chi connectivity index (χ1) is 10.2. The minimum Gasteiger partial charge on any atom is -0.468 e. The molecule has 0 saturated heterocycles. The third-order valence-corrected chi connectivity index (χ3v) is 5.45. The predicted molar refractivity (Wildman–Crippen MR) is 85.5 cm³/mol. The van der Waals surface area contributed by atoms with Crippen molar-refractivity contribution < 1.29 is 9.53 Å². The third-order valence-electron chi connectivity index (χ3n) is 4.05. The highest BCUT2D eigenvalue weighted by Gasteiger charge is 2.34. The summed E-state index contributed by atoms with van der Waals surface area (Å²) < 4.78 is 5.03. The highest BCUT2D eigenvalue weighted by Crippen LogP contribution is 2.32. The Morgan fingerprint density at radius 3 is 3.00 bits per heavy atom. The van der Waals surface area contributed by atoms with E-state index in [-0.39, 0.29) is 5.97 Å². The maximum Gasteiger partial charge on any atom is 0.327 e. The van der Waals surface area contributed by atoms with Gasteiger partial charge in [0.1, 0.15) is 6.04 Å². The Labute approximate surface area is 133 Å². The van der Waals surface area contributed by atoms with Crippen LogP contribution in [0.4, 0.5) is 0 Å². The van der Waals surface area contributed by atoms with Crippen LogP contribution in [0.5, 0.6) is 0 Å². The van der Waals surface area contributed by atoms with Crippen molar-refractivity contribution in [1.82, 2.24) is 4.90 Å². The number of ether oxygens (including phenoxy) is 1. The summed E-state index contributed by atoms with van der Waals surface area (Å²) in [5, 5.41) is 2.81. The molecule has 3 rings (SSSR count). The number of nitrogens with zero attached hydrogens (tertiary/aromatic N) is 1. The highest BCUT2D eigenvalue weighted by molar-refractivity contribution is 7.10. The molecule has 0 fully saturated rings. The van der Waals surface area contributed by atoms with E-state index < -0.39 is 6.04 Å². The molecule has 2 aliphatic rings. The quantitative estimate of drug-likeness (QED) is 0.797. The molecule has 1 aromatic rings. The standard InChI is InChI=1S/C16H18ClNO2S/c1-20-16(19)15(12-4-2-3-5-13(12)17)18-8-6-14-11(10-18)7-9-21-14/h4-5,7,9,15H,2-3,6,8,10H2,1H3/t15-/m0/s1. The van der Waals surface area contributed by atoms with Crippen molar-refractivity contribution in [3.63, 3.8) is 0 Å². The van der Waals surface area contributed by atoms with Crippen molar-refractivity contribution in [2.45, 2.75) is 31.8 Å². The molecular weight excluding hydrogens is 306 g/mol. The van der Waals surface area contributed by atoms with Gasteiger partial charge in [-0.25, -0.2) is 4.79 Å². The molecule has 0 amide bonds. The van der Waals surface area contributed by atoms with Crippen LogP contribution in [0.3, 0.4) is 0 Å². The Kier molecular flexibility index (Phi) is 4.48. The summed E-state index contributed by atoms with van der Waals surface area (Å²) in [5.74, 6) is -0.228. The first-order valence-corrected chi connectivity index (χ1v) is 8.39. The van der Waals surface area contributed by atoms with Crippen LogP contribution in [0.1, 0.15) is 23.3 Å².